The normalized spacial score (nSPS) is 26.8. The fourth-order valence-electron chi connectivity index (χ4n) is 3.78. The summed E-state index contributed by atoms with van der Waals surface area (Å²) in [5.74, 6) is 0.289. The third kappa shape index (κ3) is 4.81. The van der Waals surface area contributed by atoms with Gasteiger partial charge >= 0.3 is 0 Å². The Kier molecular flexibility index (Phi) is 7.11. The van der Waals surface area contributed by atoms with E-state index in [1.807, 2.05) is 4.90 Å². The summed E-state index contributed by atoms with van der Waals surface area (Å²) in [5, 5.41) is 3.37. The first kappa shape index (κ1) is 18.5. The number of carbonyl (C=O) groups is 2. The van der Waals surface area contributed by atoms with E-state index in [0.717, 1.165) is 71.5 Å². The number of rotatable bonds is 3. The van der Waals surface area contributed by atoms with Crippen LogP contribution >= 0.6 is 12.4 Å². The monoisotopic (exact) mass is 344 g/mol. The van der Waals surface area contributed by atoms with Crippen molar-refractivity contribution in [2.45, 2.75) is 38.1 Å². The number of amides is 2. The molecule has 0 aliphatic carbocycles. The zero-order valence-electron chi connectivity index (χ0n) is 13.8. The van der Waals surface area contributed by atoms with E-state index in [1.54, 1.807) is 4.90 Å². The maximum Gasteiger partial charge on any atom is 0.242 e. The SMILES string of the molecule is Cl.O=C1CCCCCN1CC(=O)N1CCC(N2CCNCC2)C1. The van der Waals surface area contributed by atoms with Crippen LogP contribution in [0.25, 0.3) is 0 Å². The molecule has 6 nitrogen and oxygen atoms in total. The van der Waals surface area contributed by atoms with Crippen molar-refractivity contribution < 1.29 is 9.59 Å². The number of hydrogen-bond acceptors (Lipinski definition) is 4. The zero-order valence-corrected chi connectivity index (χ0v) is 14.7. The summed E-state index contributed by atoms with van der Waals surface area (Å²) in [6.07, 6.45) is 4.78. The molecule has 1 N–H and O–H groups in total. The molecule has 1 unspecified atom stereocenters. The molecule has 0 radical (unpaired) electrons. The van der Waals surface area contributed by atoms with Crippen LogP contribution in [0.4, 0.5) is 0 Å². The first-order valence-corrected chi connectivity index (χ1v) is 8.74. The smallest absolute Gasteiger partial charge is 0.242 e. The summed E-state index contributed by atoms with van der Waals surface area (Å²) in [4.78, 5) is 30.8. The van der Waals surface area contributed by atoms with Gasteiger partial charge in [0.05, 0.1) is 6.54 Å². The highest BCUT2D eigenvalue weighted by Gasteiger charge is 2.32. The maximum absolute atomic E-state index is 12.5. The molecule has 23 heavy (non-hydrogen) atoms. The van der Waals surface area contributed by atoms with Crippen molar-refractivity contribution >= 4 is 24.2 Å². The van der Waals surface area contributed by atoms with Gasteiger partial charge in [0.15, 0.2) is 0 Å². The van der Waals surface area contributed by atoms with Gasteiger partial charge in [-0.25, -0.2) is 0 Å². The van der Waals surface area contributed by atoms with Crippen LogP contribution < -0.4 is 5.32 Å². The van der Waals surface area contributed by atoms with Gasteiger partial charge in [0.25, 0.3) is 0 Å². The zero-order chi connectivity index (χ0) is 15.4. The molecule has 3 rings (SSSR count). The molecule has 0 saturated carbocycles. The lowest BCUT2D eigenvalue weighted by Crippen LogP contribution is -2.50. The quantitative estimate of drug-likeness (QED) is 0.801. The van der Waals surface area contributed by atoms with E-state index in [-0.39, 0.29) is 30.8 Å². The van der Waals surface area contributed by atoms with Gasteiger partial charge in [-0.2, -0.15) is 0 Å². The van der Waals surface area contributed by atoms with Gasteiger partial charge < -0.3 is 15.1 Å². The molecule has 3 aliphatic heterocycles. The predicted octanol–water partition coefficient (Wildman–Crippen LogP) is 0.317. The number of nitrogens with one attached hydrogen (secondary N) is 1. The van der Waals surface area contributed by atoms with Crippen molar-refractivity contribution in [2.24, 2.45) is 0 Å². The maximum atomic E-state index is 12.5. The van der Waals surface area contributed by atoms with Crippen LogP contribution in [0.3, 0.4) is 0 Å². The number of piperazine rings is 1. The fraction of sp³-hybridized carbons (Fsp3) is 0.875. The standard InChI is InChI=1S/C16H28N4O2.ClH/c21-15-4-2-1-3-8-19(15)13-16(22)20-9-5-14(12-20)18-10-6-17-7-11-18;/h14,17H,1-13H2;1H. The van der Waals surface area contributed by atoms with Gasteiger partial charge in [-0.3, -0.25) is 14.5 Å². The predicted molar refractivity (Wildman–Crippen MR) is 91.7 cm³/mol. The lowest BCUT2D eigenvalue weighted by atomic mass is 10.2. The molecule has 1 atom stereocenters. The minimum atomic E-state index is 0. The minimum Gasteiger partial charge on any atom is -0.340 e. The molecule has 0 aromatic carbocycles. The van der Waals surface area contributed by atoms with Crippen LogP contribution in [0.5, 0.6) is 0 Å². The molecule has 0 bridgehead atoms. The van der Waals surface area contributed by atoms with Crippen LogP contribution in [0.2, 0.25) is 0 Å². The highest BCUT2D eigenvalue weighted by Crippen LogP contribution is 2.17. The molecule has 0 aromatic heterocycles. The second-order valence-corrected chi connectivity index (χ2v) is 6.69. The molecule has 0 aromatic rings. The topological polar surface area (TPSA) is 55.9 Å². The number of halogens is 1. The third-order valence-electron chi connectivity index (χ3n) is 5.18. The van der Waals surface area contributed by atoms with Crippen molar-refractivity contribution in [1.82, 2.24) is 20.0 Å². The van der Waals surface area contributed by atoms with Crippen molar-refractivity contribution in [1.29, 1.82) is 0 Å². The van der Waals surface area contributed by atoms with E-state index in [1.165, 1.54) is 0 Å². The fourth-order valence-corrected chi connectivity index (χ4v) is 3.78. The average molecular weight is 345 g/mol. The summed E-state index contributed by atoms with van der Waals surface area (Å²) in [6.45, 7) is 6.97. The molecule has 3 fully saturated rings. The lowest BCUT2D eigenvalue weighted by Gasteiger charge is -2.32. The average Bonchev–Trinajstić information content (AvgIpc) is 2.96. The van der Waals surface area contributed by atoms with Crippen LogP contribution in [0.1, 0.15) is 32.1 Å². The van der Waals surface area contributed by atoms with Crippen LogP contribution in [0, 0.1) is 0 Å². The van der Waals surface area contributed by atoms with Crippen LogP contribution in [-0.2, 0) is 9.59 Å². The van der Waals surface area contributed by atoms with Crippen molar-refractivity contribution in [2.75, 3.05) is 52.4 Å². The Bertz CT molecular complexity index is 415. The van der Waals surface area contributed by atoms with Crippen molar-refractivity contribution in [3.63, 3.8) is 0 Å². The Morgan fingerprint density at radius 1 is 1.09 bits per heavy atom. The first-order valence-electron chi connectivity index (χ1n) is 8.74. The van der Waals surface area contributed by atoms with Gasteiger partial charge in [0, 0.05) is 58.3 Å². The minimum absolute atomic E-state index is 0. The second-order valence-electron chi connectivity index (χ2n) is 6.69. The highest BCUT2D eigenvalue weighted by atomic mass is 35.5. The van der Waals surface area contributed by atoms with Crippen LogP contribution in [0.15, 0.2) is 0 Å². The Balaban J connectivity index is 0.00000192. The number of nitrogens with zero attached hydrogens (tertiary/aromatic N) is 3. The van der Waals surface area contributed by atoms with Gasteiger partial charge in [-0.15, -0.1) is 12.4 Å². The van der Waals surface area contributed by atoms with Gasteiger partial charge in [0.1, 0.15) is 0 Å². The lowest BCUT2D eigenvalue weighted by molar-refractivity contribution is -0.139. The van der Waals surface area contributed by atoms with Gasteiger partial charge in [-0.1, -0.05) is 6.42 Å². The molecule has 2 amide bonds. The molecule has 3 aliphatic rings. The summed E-state index contributed by atoms with van der Waals surface area (Å²) in [6, 6.07) is 0.505. The summed E-state index contributed by atoms with van der Waals surface area (Å²) in [5.41, 5.74) is 0. The Labute approximate surface area is 145 Å². The molecular weight excluding hydrogens is 316 g/mol. The summed E-state index contributed by atoms with van der Waals surface area (Å²) in [7, 11) is 0. The largest absolute Gasteiger partial charge is 0.340 e. The molecule has 3 saturated heterocycles. The Morgan fingerprint density at radius 2 is 1.87 bits per heavy atom. The second kappa shape index (κ2) is 8.85. The summed E-state index contributed by atoms with van der Waals surface area (Å²) >= 11 is 0. The van der Waals surface area contributed by atoms with Crippen molar-refractivity contribution in [3.8, 4) is 0 Å². The van der Waals surface area contributed by atoms with E-state index in [9.17, 15) is 9.59 Å². The third-order valence-corrected chi connectivity index (χ3v) is 5.18. The number of hydrogen-bond donors (Lipinski definition) is 1. The molecular formula is C16H29ClN4O2. The summed E-state index contributed by atoms with van der Waals surface area (Å²) < 4.78 is 0. The molecule has 3 heterocycles. The van der Waals surface area contributed by atoms with Crippen molar-refractivity contribution in [3.05, 3.63) is 0 Å². The van der Waals surface area contributed by atoms with E-state index in [2.05, 4.69) is 10.2 Å². The molecule has 7 heteroatoms. The molecule has 0 spiro atoms. The first-order chi connectivity index (χ1) is 10.7. The van der Waals surface area contributed by atoms with E-state index >= 15 is 0 Å². The van der Waals surface area contributed by atoms with Gasteiger partial charge in [0.2, 0.25) is 11.8 Å². The highest BCUT2D eigenvalue weighted by molar-refractivity contribution is 5.85. The van der Waals surface area contributed by atoms with E-state index in [0.29, 0.717) is 12.5 Å². The molecule has 132 valence electrons. The van der Waals surface area contributed by atoms with Gasteiger partial charge in [-0.05, 0) is 19.3 Å². The number of carbonyl (C=O) groups excluding carboxylic acids is 2. The Morgan fingerprint density at radius 3 is 2.65 bits per heavy atom. The van der Waals surface area contributed by atoms with E-state index in [4.69, 9.17) is 0 Å². The van der Waals surface area contributed by atoms with Crippen LogP contribution in [-0.4, -0.2) is 84.9 Å². The Hall–Kier alpha value is -0.850. The number of likely N-dealkylation sites (tertiary alicyclic amines) is 2. The van der Waals surface area contributed by atoms with E-state index < -0.39 is 0 Å².